The molecule has 4 nitrogen and oxygen atoms in total. The van der Waals surface area contributed by atoms with Crippen LogP contribution in [0.15, 0.2) is 5.11 Å². The third-order valence-electron chi connectivity index (χ3n) is 1.94. The Labute approximate surface area is 86.0 Å². The van der Waals surface area contributed by atoms with E-state index < -0.39 is 0 Å². The van der Waals surface area contributed by atoms with Crippen molar-refractivity contribution in [3.8, 4) is 11.8 Å². The number of azide groups is 1. The summed E-state index contributed by atoms with van der Waals surface area (Å²) in [5.41, 5.74) is 8.06. The number of rotatable bonds is 4. The Balaban J connectivity index is 0. The summed E-state index contributed by atoms with van der Waals surface area (Å²) in [7, 11) is 0. The summed E-state index contributed by atoms with van der Waals surface area (Å²) < 4.78 is 0. The molecular weight excluding hydrogens is 178 g/mol. The monoisotopic (exact) mass is 197 g/mol. The zero-order valence-electron chi connectivity index (χ0n) is 9.36. The van der Waals surface area contributed by atoms with Gasteiger partial charge >= 0.3 is 0 Å². The van der Waals surface area contributed by atoms with Gasteiger partial charge in [-0.25, -0.2) is 0 Å². The fourth-order valence-corrected chi connectivity index (χ4v) is 0.669. The summed E-state index contributed by atoms with van der Waals surface area (Å²) in [4.78, 5) is 2.64. The van der Waals surface area contributed by atoms with E-state index in [0.717, 1.165) is 6.42 Å². The number of aliphatic hydroxyl groups is 1. The molecule has 0 aliphatic carbocycles. The van der Waals surface area contributed by atoms with Crippen LogP contribution in [-0.4, -0.2) is 17.8 Å². The molecule has 0 aliphatic rings. The second-order valence-corrected chi connectivity index (χ2v) is 2.84. The second kappa shape index (κ2) is 11.8. The average Bonchev–Trinajstić information content (AvgIpc) is 2.25. The molecule has 1 N–H and O–H groups in total. The van der Waals surface area contributed by atoms with E-state index in [1.165, 1.54) is 0 Å². The van der Waals surface area contributed by atoms with E-state index >= 15 is 0 Å². The molecule has 0 saturated heterocycles. The number of hydrogen-bond acceptors (Lipinski definition) is 2. The van der Waals surface area contributed by atoms with Crippen LogP contribution >= 0.6 is 0 Å². The zero-order chi connectivity index (χ0) is 11.4. The van der Waals surface area contributed by atoms with Crippen LogP contribution < -0.4 is 0 Å². The van der Waals surface area contributed by atoms with E-state index in [1.807, 2.05) is 27.7 Å². The Kier molecular flexibility index (Phi) is 12.9. The van der Waals surface area contributed by atoms with E-state index in [1.54, 1.807) is 0 Å². The largest absolute Gasteiger partial charge is 0.396 e. The van der Waals surface area contributed by atoms with Crippen molar-refractivity contribution >= 4 is 0 Å². The van der Waals surface area contributed by atoms with Crippen LogP contribution in [-0.2, 0) is 0 Å². The van der Waals surface area contributed by atoms with Gasteiger partial charge in [-0.1, -0.05) is 25.4 Å². The van der Waals surface area contributed by atoms with Crippen LogP contribution in [0.5, 0.6) is 0 Å². The van der Waals surface area contributed by atoms with E-state index in [-0.39, 0.29) is 18.6 Å². The molecule has 0 bridgehead atoms. The van der Waals surface area contributed by atoms with Crippen molar-refractivity contribution in [1.82, 2.24) is 0 Å². The molecule has 0 aromatic carbocycles. The Morgan fingerprint density at radius 3 is 2.14 bits per heavy atom. The van der Waals surface area contributed by atoms with Gasteiger partial charge in [-0.05, 0) is 25.3 Å². The second-order valence-electron chi connectivity index (χ2n) is 2.84. The Morgan fingerprint density at radius 2 is 1.93 bits per heavy atom. The third kappa shape index (κ3) is 8.92. The van der Waals surface area contributed by atoms with Gasteiger partial charge in [0, 0.05) is 4.91 Å². The van der Waals surface area contributed by atoms with E-state index in [0.29, 0.717) is 0 Å². The van der Waals surface area contributed by atoms with Crippen LogP contribution in [0, 0.1) is 17.8 Å². The number of aliphatic hydroxyl groups excluding tert-OH is 1. The number of nitrogens with zero attached hydrogens (tertiary/aromatic N) is 3. The molecule has 0 amide bonds. The Morgan fingerprint density at radius 1 is 1.43 bits per heavy atom. The minimum Gasteiger partial charge on any atom is -0.396 e. The highest BCUT2D eigenvalue weighted by Gasteiger charge is 2.11. The summed E-state index contributed by atoms with van der Waals surface area (Å²) in [6.45, 7) is 7.54. The van der Waals surface area contributed by atoms with Gasteiger partial charge < -0.3 is 5.11 Å². The van der Waals surface area contributed by atoms with Crippen molar-refractivity contribution in [3.05, 3.63) is 10.4 Å². The quantitative estimate of drug-likeness (QED) is 0.320. The maximum Gasteiger partial charge on any atom is 0.0630 e. The average molecular weight is 197 g/mol. The van der Waals surface area contributed by atoms with Gasteiger partial charge in [0.1, 0.15) is 0 Å². The summed E-state index contributed by atoms with van der Waals surface area (Å²) in [5.74, 6) is 5.63. The molecule has 14 heavy (non-hydrogen) atoms. The molecule has 4 heteroatoms. The van der Waals surface area contributed by atoms with Crippen LogP contribution in [0.4, 0.5) is 0 Å². The Bertz CT molecular complexity index is 217. The summed E-state index contributed by atoms with van der Waals surface area (Å²) in [5, 5.41) is 12.1. The lowest BCUT2D eigenvalue weighted by Gasteiger charge is -2.13. The molecule has 2 atom stereocenters. The van der Waals surface area contributed by atoms with Crippen LogP contribution in [0.2, 0.25) is 0 Å². The summed E-state index contributed by atoms with van der Waals surface area (Å²) in [6, 6.07) is -0.255. The van der Waals surface area contributed by atoms with Gasteiger partial charge in [0.25, 0.3) is 0 Å². The molecule has 0 heterocycles. The molecule has 0 fully saturated rings. The molecule has 80 valence electrons. The first-order valence-electron chi connectivity index (χ1n) is 4.66. The van der Waals surface area contributed by atoms with E-state index in [4.69, 9.17) is 10.6 Å². The zero-order valence-corrected chi connectivity index (χ0v) is 9.36. The minimum absolute atomic E-state index is 0.0565. The molecule has 0 aromatic heterocycles. The van der Waals surface area contributed by atoms with Gasteiger partial charge in [-0.3, -0.25) is 0 Å². The fraction of sp³-hybridized carbons (Fsp3) is 0.800. The van der Waals surface area contributed by atoms with Crippen molar-refractivity contribution in [2.45, 2.75) is 40.2 Å². The molecule has 0 rings (SSSR count). The predicted octanol–water partition coefficient (Wildman–Crippen LogP) is 2.73. The molecule has 0 radical (unpaired) electrons. The van der Waals surface area contributed by atoms with Crippen molar-refractivity contribution in [2.24, 2.45) is 11.0 Å². The standard InChI is InChI=1S/C6H13N3O.C4H6/c1-3-5(2)6(4-10)8-9-7;1-3-4-2/h5-6,10H,3-4H2,1-2H3;1-2H3/t5-,6+;/m0./s1. The molecule has 0 aliphatic heterocycles. The molecule has 0 spiro atoms. The molecule has 0 unspecified atom stereocenters. The van der Waals surface area contributed by atoms with Crippen molar-refractivity contribution in [2.75, 3.05) is 6.61 Å². The van der Waals surface area contributed by atoms with Crippen molar-refractivity contribution in [3.63, 3.8) is 0 Å². The normalized spacial score (nSPS) is 12.1. The summed E-state index contributed by atoms with van der Waals surface area (Å²) in [6.07, 6.45) is 0.921. The summed E-state index contributed by atoms with van der Waals surface area (Å²) >= 11 is 0. The lowest BCUT2D eigenvalue weighted by Crippen LogP contribution is -2.18. The van der Waals surface area contributed by atoms with Gasteiger partial charge in [-0.15, -0.1) is 11.8 Å². The van der Waals surface area contributed by atoms with Gasteiger partial charge in [0.15, 0.2) is 0 Å². The molecule has 0 aromatic rings. The first-order chi connectivity index (χ1) is 6.67. The first kappa shape index (κ1) is 15.3. The first-order valence-corrected chi connectivity index (χ1v) is 4.66. The minimum atomic E-state index is -0.255. The smallest absolute Gasteiger partial charge is 0.0630 e. The highest BCUT2D eigenvalue weighted by molar-refractivity contribution is 4.89. The van der Waals surface area contributed by atoms with E-state index in [2.05, 4.69) is 21.9 Å². The highest BCUT2D eigenvalue weighted by Crippen LogP contribution is 2.10. The maximum absolute atomic E-state index is 8.69. The lowest BCUT2D eigenvalue weighted by atomic mass is 10.0. The van der Waals surface area contributed by atoms with Gasteiger partial charge in [-0.2, -0.15) is 0 Å². The maximum atomic E-state index is 8.69. The lowest BCUT2D eigenvalue weighted by molar-refractivity contribution is 0.230. The molecular formula is C10H19N3O. The van der Waals surface area contributed by atoms with Crippen LogP contribution in [0.25, 0.3) is 10.4 Å². The Hall–Kier alpha value is -1.17. The predicted molar refractivity (Wildman–Crippen MR) is 58.6 cm³/mol. The topological polar surface area (TPSA) is 69.0 Å². The van der Waals surface area contributed by atoms with Crippen LogP contribution in [0.3, 0.4) is 0 Å². The van der Waals surface area contributed by atoms with Crippen LogP contribution in [0.1, 0.15) is 34.1 Å². The fourth-order valence-electron chi connectivity index (χ4n) is 0.669. The van der Waals surface area contributed by atoms with Gasteiger partial charge in [0.2, 0.25) is 0 Å². The van der Waals surface area contributed by atoms with Crippen molar-refractivity contribution < 1.29 is 5.11 Å². The van der Waals surface area contributed by atoms with Crippen molar-refractivity contribution in [1.29, 1.82) is 0 Å². The molecule has 0 saturated carbocycles. The highest BCUT2D eigenvalue weighted by atomic mass is 16.3. The van der Waals surface area contributed by atoms with E-state index in [9.17, 15) is 0 Å². The SMILES string of the molecule is CC#CC.CC[C@H](C)[C@@H](CO)N=[N+]=[N-]. The third-order valence-corrected chi connectivity index (χ3v) is 1.94. The number of hydrogen-bond donors (Lipinski definition) is 1. The van der Waals surface area contributed by atoms with Gasteiger partial charge in [0.05, 0.1) is 12.6 Å².